The van der Waals surface area contributed by atoms with Crippen molar-refractivity contribution in [3.63, 3.8) is 0 Å². The van der Waals surface area contributed by atoms with Gasteiger partial charge in [0, 0.05) is 24.6 Å². The largest absolute Gasteiger partial charge is 0.461 e. The van der Waals surface area contributed by atoms with Crippen molar-refractivity contribution in [3.8, 4) is 11.6 Å². The number of aromatic nitrogens is 2. The van der Waals surface area contributed by atoms with Crippen molar-refractivity contribution in [3.05, 3.63) is 58.4 Å². The molecule has 3 rings (SSSR count). The average molecular weight is 346 g/mol. The monoisotopic (exact) mass is 346 g/mol. The van der Waals surface area contributed by atoms with Crippen molar-refractivity contribution < 1.29 is 23.0 Å². The van der Waals surface area contributed by atoms with Gasteiger partial charge in [0.2, 0.25) is 23.4 Å². The molecular formula is C15H11FN4O5. The lowest BCUT2D eigenvalue weighted by atomic mass is 10.2. The Bertz CT molecular complexity index is 907. The van der Waals surface area contributed by atoms with Gasteiger partial charge in [-0.25, -0.2) is 0 Å². The molecule has 2 heterocycles. The van der Waals surface area contributed by atoms with Gasteiger partial charge in [-0.1, -0.05) is 5.16 Å². The predicted octanol–water partition coefficient (Wildman–Crippen LogP) is 2.95. The summed E-state index contributed by atoms with van der Waals surface area (Å²) in [6.45, 7) is 0. The van der Waals surface area contributed by atoms with Crippen molar-refractivity contribution in [2.75, 3.05) is 5.32 Å². The van der Waals surface area contributed by atoms with Crippen LogP contribution in [0.15, 0.2) is 45.5 Å². The third kappa shape index (κ3) is 3.86. The van der Waals surface area contributed by atoms with E-state index in [-0.39, 0.29) is 30.2 Å². The number of furan rings is 1. The topological polar surface area (TPSA) is 124 Å². The molecule has 1 N–H and O–H groups in total. The number of aryl methyl sites for hydroxylation is 1. The van der Waals surface area contributed by atoms with Gasteiger partial charge in [0.05, 0.1) is 11.2 Å². The molecule has 0 fully saturated rings. The summed E-state index contributed by atoms with van der Waals surface area (Å²) >= 11 is 0. The molecule has 128 valence electrons. The zero-order valence-electron chi connectivity index (χ0n) is 12.6. The zero-order chi connectivity index (χ0) is 17.8. The van der Waals surface area contributed by atoms with E-state index in [0.29, 0.717) is 5.76 Å². The third-order valence-electron chi connectivity index (χ3n) is 3.20. The molecule has 25 heavy (non-hydrogen) atoms. The number of hydrogen-bond donors (Lipinski definition) is 1. The fourth-order valence-corrected chi connectivity index (χ4v) is 2.04. The van der Waals surface area contributed by atoms with E-state index in [0.717, 1.165) is 12.1 Å². The normalized spacial score (nSPS) is 10.6. The molecule has 10 heteroatoms. The van der Waals surface area contributed by atoms with Gasteiger partial charge in [0.25, 0.3) is 0 Å². The number of rotatable bonds is 6. The Morgan fingerprint density at radius 3 is 2.92 bits per heavy atom. The van der Waals surface area contributed by atoms with Crippen LogP contribution in [0.4, 0.5) is 15.8 Å². The molecule has 0 spiro atoms. The van der Waals surface area contributed by atoms with Crippen LogP contribution in [0, 0.1) is 15.9 Å². The summed E-state index contributed by atoms with van der Waals surface area (Å²) in [4.78, 5) is 25.8. The second kappa shape index (κ2) is 6.91. The van der Waals surface area contributed by atoms with Crippen LogP contribution in [0.5, 0.6) is 0 Å². The van der Waals surface area contributed by atoms with Gasteiger partial charge in [-0.15, -0.1) is 0 Å². The summed E-state index contributed by atoms with van der Waals surface area (Å²) in [5.74, 6) is -0.447. The molecule has 1 amide bonds. The summed E-state index contributed by atoms with van der Waals surface area (Å²) in [5, 5.41) is 16.9. The molecule has 0 atom stereocenters. The number of anilines is 1. The highest BCUT2D eigenvalue weighted by Gasteiger charge is 2.16. The van der Waals surface area contributed by atoms with Gasteiger partial charge in [-0.2, -0.15) is 9.37 Å². The minimum atomic E-state index is -0.973. The Kier molecular flexibility index (Phi) is 4.50. The lowest BCUT2D eigenvalue weighted by Gasteiger charge is -2.04. The lowest BCUT2D eigenvalue weighted by molar-refractivity contribution is -0.387. The molecule has 0 saturated carbocycles. The maximum absolute atomic E-state index is 13.3. The van der Waals surface area contributed by atoms with Gasteiger partial charge in [0.15, 0.2) is 5.76 Å². The number of nitro groups is 1. The van der Waals surface area contributed by atoms with Crippen molar-refractivity contribution in [2.45, 2.75) is 12.8 Å². The Balaban J connectivity index is 1.58. The molecule has 0 radical (unpaired) electrons. The fourth-order valence-electron chi connectivity index (χ4n) is 2.04. The van der Waals surface area contributed by atoms with E-state index in [4.69, 9.17) is 8.94 Å². The molecule has 0 aliphatic heterocycles. The summed E-state index contributed by atoms with van der Waals surface area (Å²) < 4.78 is 23.4. The highest BCUT2D eigenvalue weighted by molar-refractivity contribution is 5.91. The number of nitrogens with zero attached hydrogens (tertiary/aromatic N) is 3. The number of nitrogens with one attached hydrogen (secondary N) is 1. The summed E-state index contributed by atoms with van der Waals surface area (Å²) in [5.41, 5.74) is -0.585. The molecule has 3 aromatic rings. The van der Waals surface area contributed by atoms with Crippen molar-refractivity contribution in [1.82, 2.24) is 10.1 Å². The quantitative estimate of drug-likeness (QED) is 0.537. The Morgan fingerprint density at radius 1 is 1.36 bits per heavy atom. The molecule has 0 saturated heterocycles. The summed E-state index contributed by atoms with van der Waals surface area (Å²) in [6, 6.07) is 6.46. The van der Waals surface area contributed by atoms with Gasteiger partial charge in [-0.05, 0) is 24.3 Å². The second-order valence-electron chi connectivity index (χ2n) is 4.96. The van der Waals surface area contributed by atoms with E-state index in [1.807, 2.05) is 0 Å². The predicted molar refractivity (Wildman–Crippen MR) is 82.0 cm³/mol. The number of carbonyl (C=O) groups is 1. The maximum atomic E-state index is 13.3. The third-order valence-corrected chi connectivity index (χ3v) is 3.20. The van der Waals surface area contributed by atoms with Gasteiger partial charge in [0.1, 0.15) is 0 Å². The average Bonchev–Trinajstić information content (AvgIpc) is 3.25. The Labute approximate surface area is 139 Å². The van der Waals surface area contributed by atoms with Crippen LogP contribution >= 0.6 is 0 Å². The van der Waals surface area contributed by atoms with Crippen molar-refractivity contribution in [1.29, 1.82) is 0 Å². The van der Waals surface area contributed by atoms with Crippen LogP contribution < -0.4 is 5.32 Å². The first-order valence-corrected chi connectivity index (χ1v) is 7.13. The first-order valence-electron chi connectivity index (χ1n) is 7.13. The van der Waals surface area contributed by atoms with E-state index < -0.39 is 22.3 Å². The number of nitro benzene ring substituents is 1. The summed E-state index contributed by atoms with van der Waals surface area (Å²) in [7, 11) is 0. The number of halogens is 1. The maximum Gasteiger partial charge on any atom is 0.306 e. The van der Waals surface area contributed by atoms with Crippen LogP contribution in [-0.4, -0.2) is 21.0 Å². The molecular weight excluding hydrogens is 335 g/mol. The molecule has 0 unspecified atom stereocenters. The second-order valence-corrected chi connectivity index (χ2v) is 4.96. The smallest absolute Gasteiger partial charge is 0.306 e. The van der Waals surface area contributed by atoms with E-state index in [1.54, 1.807) is 12.1 Å². The van der Waals surface area contributed by atoms with E-state index in [2.05, 4.69) is 15.5 Å². The van der Waals surface area contributed by atoms with E-state index >= 15 is 0 Å². The molecule has 0 aliphatic carbocycles. The summed E-state index contributed by atoms with van der Waals surface area (Å²) in [6.07, 6.45) is 1.65. The highest BCUT2D eigenvalue weighted by atomic mass is 19.1. The van der Waals surface area contributed by atoms with E-state index in [1.165, 1.54) is 12.3 Å². The fraction of sp³-hybridized carbons (Fsp3) is 0.133. The highest BCUT2D eigenvalue weighted by Crippen LogP contribution is 2.22. The molecule has 2 aromatic heterocycles. The van der Waals surface area contributed by atoms with Crippen LogP contribution in [-0.2, 0) is 11.2 Å². The molecule has 9 nitrogen and oxygen atoms in total. The molecule has 1 aromatic carbocycles. The lowest BCUT2D eigenvalue weighted by Crippen LogP contribution is -2.12. The van der Waals surface area contributed by atoms with Crippen LogP contribution in [0.3, 0.4) is 0 Å². The number of benzene rings is 1. The molecule has 0 bridgehead atoms. The van der Waals surface area contributed by atoms with Crippen LogP contribution in [0.2, 0.25) is 0 Å². The number of hydrogen-bond acceptors (Lipinski definition) is 7. The van der Waals surface area contributed by atoms with Gasteiger partial charge < -0.3 is 14.3 Å². The van der Waals surface area contributed by atoms with Crippen molar-refractivity contribution >= 4 is 17.3 Å². The minimum Gasteiger partial charge on any atom is -0.461 e. The molecule has 0 aliphatic rings. The van der Waals surface area contributed by atoms with Crippen molar-refractivity contribution in [2.24, 2.45) is 0 Å². The van der Waals surface area contributed by atoms with Gasteiger partial charge >= 0.3 is 5.69 Å². The Hall–Kier alpha value is -3.56. The Morgan fingerprint density at radius 2 is 2.20 bits per heavy atom. The first-order chi connectivity index (χ1) is 12.0. The standard InChI is InChI=1S/C15H11FN4O5/c16-10-4-3-9(8-11(10)20(22)23)17-13(21)5-6-14-18-15(19-25-14)12-2-1-7-24-12/h1-4,7-8H,5-6H2,(H,17,21). The SMILES string of the molecule is O=C(CCc1nc(-c2ccco2)no1)Nc1ccc(F)c([N+](=O)[O-])c1. The van der Waals surface area contributed by atoms with Crippen LogP contribution in [0.1, 0.15) is 12.3 Å². The number of amides is 1. The van der Waals surface area contributed by atoms with E-state index in [9.17, 15) is 19.3 Å². The number of carbonyl (C=O) groups excluding carboxylic acids is 1. The van der Waals surface area contributed by atoms with Gasteiger partial charge in [-0.3, -0.25) is 14.9 Å². The zero-order valence-corrected chi connectivity index (χ0v) is 12.6. The van der Waals surface area contributed by atoms with Crippen LogP contribution in [0.25, 0.3) is 11.6 Å². The first kappa shape index (κ1) is 16.3. The minimum absolute atomic E-state index is 0.00492.